The summed E-state index contributed by atoms with van der Waals surface area (Å²) in [6.07, 6.45) is 0. The lowest BCUT2D eigenvalue weighted by Crippen LogP contribution is -2.17. The van der Waals surface area contributed by atoms with Gasteiger partial charge in [-0.05, 0) is 86.8 Å². The number of hydrogen-bond donors (Lipinski definition) is 0. The summed E-state index contributed by atoms with van der Waals surface area (Å²) in [6, 6.07) is 63.6. The van der Waals surface area contributed by atoms with Crippen LogP contribution >= 0.6 is 0 Å². The van der Waals surface area contributed by atoms with Gasteiger partial charge in [0.25, 0.3) is 0 Å². The van der Waals surface area contributed by atoms with Crippen molar-refractivity contribution in [3.63, 3.8) is 0 Å². The van der Waals surface area contributed by atoms with Gasteiger partial charge in [-0.3, -0.25) is 0 Å². The smallest absolute Gasteiger partial charge is 0.143 e. The van der Waals surface area contributed by atoms with E-state index in [9.17, 15) is 0 Å². The zero-order valence-electron chi connectivity index (χ0n) is 28.6. The molecule has 0 fully saturated rings. The minimum Gasteiger partial charge on any atom is -0.455 e. The standard InChI is InChI=1S/C49H35NO/c1-49(2)43-23-10-8-20-38(43)39-29-27-36(31-44(39)49)50(35-18-12-17-34(30-35)32-14-4-3-5-15-32)45-24-11-9-21-40(45)41-22-13-25-46-47(41)42-28-26-33-16-6-7-19-37(33)48(42)51-46/h3-31H,1-2H3. The summed E-state index contributed by atoms with van der Waals surface area (Å²) < 4.78 is 6.65. The number of nitrogens with zero attached hydrogens (tertiary/aromatic N) is 1. The molecule has 0 aliphatic heterocycles. The lowest BCUT2D eigenvalue weighted by atomic mass is 9.82. The molecule has 0 saturated carbocycles. The van der Waals surface area contributed by atoms with Crippen LogP contribution in [0.1, 0.15) is 25.0 Å². The molecule has 0 N–H and O–H groups in total. The molecule has 1 aliphatic rings. The molecule has 0 atom stereocenters. The minimum atomic E-state index is -0.122. The lowest BCUT2D eigenvalue weighted by molar-refractivity contribution is 0.660. The molecule has 9 aromatic rings. The minimum absolute atomic E-state index is 0.122. The molecule has 1 aliphatic carbocycles. The molecule has 1 aromatic heterocycles. The second-order valence-electron chi connectivity index (χ2n) is 14.1. The number of fused-ring (bicyclic) bond motifs is 8. The highest BCUT2D eigenvalue weighted by Gasteiger charge is 2.36. The highest BCUT2D eigenvalue weighted by atomic mass is 16.3. The summed E-state index contributed by atoms with van der Waals surface area (Å²) >= 11 is 0. The second-order valence-corrected chi connectivity index (χ2v) is 14.1. The molecule has 0 amide bonds. The molecule has 242 valence electrons. The third-order valence-corrected chi connectivity index (χ3v) is 10.9. The number of hydrogen-bond acceptors (Lipinski definition) is 2. The van der Waals surface area contributed by atoms with Crippen LogP contribution in [0.4, 0.5) is 17.1 Å². The Morgan fingerprint density at radius 3 is 2.04 bits per heavy atom. The van der Waals surface area contributed by atoms with Crippen LogP contribution in [-0.4, -0.2) is 0 Å². The molecular formula is C49H35NO. The Kier molecular flexibility index (Phi) is 6.56. The Bertz CT molecular complexity index is 2790. The maximum Gasteiger partial charge on any atom is 0.143 e. The predicted octanol–water partition coefficient (Wildman–Crippen LogP) is 13.8. The normalized spacial score (nSPS) is 13.1. The van der Waals surface area contributed by atoms with Crippen molar-refractivity contribution in [2.45, 2.75) is 19.3 Å². The van der Waals surface area contributed by atoms with Crippen LogP contribution in [0.5, 0.6) is 0 Å². The van der Waals surface area contributed by atoms with Gasteiger partial charge in [-0.1, -0.05) is 147 Å². The number of rotatable bonds is 5. The van der Waals surface area contributed by atoms with Crippen LogP contribution in [0.3, 0.4) is 0 Å². The van der Waals surface area contributed by atoms with Crippen molar-refractivity contribution in [1.82, 2.24) is 0 Å². The molecular weight excluding hydrogens is 619 g/mol. The topological polar surface area (TPSA) is 16.4 Å². The number of para-hydroxylation sites is 1. The summed E-state index contributed by atoms with van der Waals surface area (Å²) in [5.74, 6) is 0. The van der Waals surface area contributed by atoms with E-state index in [0.29, 0.717) is 0 Å². The SMILES string of the molecule is CC1(C)c2ccccc2-c2ccc(N(c3cccc(-c4ccccc4)c3)c3ccccc3-c3cccc4oc5c6ccccc6ccc5c34)cc21. The molecule has 2 heteroatoms. The molecule has 10 rings (SSSR count). The van der Waals surface area contributed by atoms with Crippen LogP contribution in [0.2, 0.25) is 0 Å². The maximum atomic E-state index is 6.65. The zero-order valence-corrected chi connectivity index (χ0v) is 28.6. The molecule has 0 saturated heterocycles. The number of anilines is 3. The highest BCUT2D eigenvalue weighted by Crippen LogP contribution is 2.52. The van der Waals surface area contributed by atoms with Crippen LogP contribution in [0, 0.1) is 0 Å². The Morgan fingerprint density at radius 1 is 0.451 bits per heavy atom. The number of furan rings is 1. The van der Waals surface area contributed by atoms with Crippen molar-refractivity contribution in [3.8, 4) is 33.4 Å². The van der Waals surface area contributed by atoms with E-state index in [1.54, 1.807) is 0 Å². The average Bonchev–Trinajstić information content (AvgIpc) is 3.68. The third-order valence-electron chi connectivity index (χ3n) is 10.9. The van der Waals surface area contributed by atoms with Crippen molar-refractivity contribution in [2.75, 3.05) is 4.90 Å². The first kappa shape index (κ1) is 29.5. The van der Waals surface area contributed by atoms with Crippen LogP contribution in [0.15, 0.2) is 180 Å². The molecule has 8 aromatic carbocycles. The molecule has 1 heterocycles. The van der Waals surface area contributed by atoms with Crippen molar-refractivity contribution >= 4 is 49.8 Å². The third kappa shape index (κ3) is 4.57. The summed E-state index contributed by atoms with van der Waals surface area (Å²) in [6.45, 7) is 4.70. The van der Waals surface area contributed by atoms with E-state index in [1.165, 1.54) is 38.8 Å². The molecule has 51 heavy (non-hydrogen) atoms. The summed E-state index contributed by atoms with van der Waals surface area (Å²) in [5, 5.41) is 4.57. The van der Waals surface area contributed by atoms with E-state index in [2.05, 4.69) is 195 Å². The van der Waals surface area contributed by atoms with Crippen molar-refractivity contribution in [1.29, 1.82) is 0 Å². The Labute approximate surface area is 297 Å². The first-order valence-corrected chi connectivity index (χ1v) is 17.7. The van der Waals surface area contributed by atoms with Crippen LogP contribution in [0.25, 0.3) is 66.1 Å². The largest absolute Gasteiger partial charge is 0.455 e. The lowest BCUT2D eigenvalue weighted by Gasteiger charge is -2.30. The maximum absolute atomic E-state index is 6.65. The molecule has 0 unspecified atom stereocenters. The van der Waals surface area contributed by atoms with Gasteiger partial charge in [-0.2, -0.15) is 0 Å². The van der Waals surface area contributed by atoms with E-state index in [0.717, 1.165) is 55.5 Å². The van der Waals surface area contributed by atoms with E-state index in [1.807, 2.05) is 0 Å². The van der Waals surface area contributed by atoms with E-state index >= 15 is 0 Å². The fraction of sp³-hybridized carbons (Fsp3) is 0.0612. The fourth-order valence-electron chi connectivity index (χ4n) is 8.39. The van der Waals surface area contributed by atoms with E-state index in [-0.39, 0.29) is 5.41 Å². The van der Waals surface area contributed by atoms with Gasteiger partial charge < -0.3 is 9.32 Å². The Hall–Kier alpha value is -6.38. The first-order valence-electron chi connectivity index (χ1n) is 17.7. The molecule has 0 bridgehead atoms. The van der Waals surface area contributed by atoms with Gasteiger partial charge in [-0.15, -0.1) is 0 Å². The van der Waals surface area contributed by atoms with Crippen molar-refractivity contribution in [2.24, 2.45) is 0 Å². The highest BCUT2D eigenvalue weighted by molar-refractivity contribution is 6.19. The molecule has 0 spiro atoms. The Balaban J connectivity index is 1.22. The van der Waals surface area contributed by atoms with Gasteiger partial charge in [0, 0.05) is 38.5 Å². The van der Waals surface area contributed by atoms with Crippen LogP contribution < -0.4 is 4.90 Å². The van der Waals surface area contributed by atoms with E-state index in [4.69, 9.17) is 4.42 Å². The van der Waals surface area contributed by atoms with Gasteiger partial charge in [0.2, 0.25) is 0 Å². The van der Waals surface area contributed by atoms with Gasteiger partial charge in [0.05, 0.1) is 5.69 Å². The van der Waals surface area contributed by atoms with Gasteiger partial charge >= 0.3 is 0 Å². The van der Waals surface area contributed by atoms with Gasteiger partial charge in [0.15, 0.2) is 0 Å². The summed E-state index contributed by atoms with van der Waals surface area (Å²) in [7, 11) is 0. The van der Waals surface area contributed by atoms with Gasteiger partial charge in [0.1, 0.15) is 11.2 Å². The van der Waals surface area contributed by atoms with E-state index < -0.39 is 0 Å². The predicted molar refractivity (Wildman–Crippen MR) is 214 cm³/mol. The van der Waals surface area contributed by atoms with Gasteiger partial charge in [-0.25, -0.2) is 0 Å². The average molecular weight is 654 g/mol. The Morgan fingerprint density at radius 2 is 1.14 bits per heavy atom. The second kappa shape index (κ2) is 11.3. The fourth-order valence-corrected chi connectivity index (χ4v) is 8.39. The quantitative estimate of drug-likeness (QED) is 0.184. The summed E-state index contributed by atoms with van der Waals surface area (Å²) in [5.41, 5.74) is 15.1. The summed E-state index contributed by atoms with van der Waals surface area (Å²) in [4.78, 5) is 2.44. The molecule has 0 radical (unpaired) electrons. The van der Waals surface area contributed by atoms with Crippen molar-refractivity contribution in [3.05, 3.63) is 187 Å². The molecule has 2 nitrogen and oxygen atoms in total. The monoisotopic (exact) mass is 653 g/mol. The van der Waals surface area contributed by atoms with Crippen LogP contribution in [-0.2, 0) is 5.41 Å². The van der Waals surface area contributed by atoms with Crippen molar-refractivity contribution < 1.29 is 4.42 Å². The first-order chi connectivity index (χ1) is 25.1. The number of benzene rings is 8. The zero-order chi connectivity index (χ0) is 34.1.